The van der Waals surface area contributed by atoms with E-state index < -0.39 is 5.97 Å². The van der Waals surface area contributed by atoms with Gasteiger partial charge in [-0.1, -0.05) is 0 Å². The molecule has 0 heterocycles. The van der Waals surface area contributed by atoms with E-state index in [4.69, 9.17) is 9.84 Å². The Bertz CT molecular complexity index is 446. The maximum absolute atomic E-state index is 11.5. The van der Waals surface area contributed by atoms with Crippen molar-refractivity contribution in [3.63, 3.8) is 0 Å². The standard InChI is InChI=1S/C12H16N2O4/c1-13-6-5-11(15)14-8-3-4-9(12(16)17)10(7-8)18-2/h3-4,7,13H,5-6H2,1-2H3,(H,14,15)(H,16,17). The quantitative estimate of drug-likeness (QED) is 0.701. The SMILES string of the molecule is CNCCC(=O)Nc1ccc(C(=O)O)c(OC)c1. The minimum Gasteiger partial charge on any atom is -0.496 e. The van der Waals surface area contributed by atoms with Gasteiger partial charge in [0.25, 0.3) is 0 Å². The summed E-state index contributed by atoms with van der Waals surface area (Å²) in [6, 6.07) is 4.42. The molecule has 6 nitrogen and oxygen atoms in total. The number of amides is 1. The third kappa shape index (κ3) is 3.74. The smallest absolute Gasteiger partial charge is 0.339 e. The Morgan fingerprint density at radius 2 is 2.11 bits per heavy atom. The largest absolute Gasteiger partial charge is 0.496 e. The van der Waals surface area contributed by atoms with Crippen LogP contribution in [0.15, 0.2) is 18.2 Å². The number of carbonyl (C=O) groups excluding carboxylic acids is 1. The van der Waals surface area contributed by atoms with Gasteiger partial charge in [-0.05, 0) is 19.2 Å². The molecule has 1 amide bonds. The molecular formula is C12H16N2O4. The number of ether oxygens (including phenoxy) is 1. The van der Waals surface area contributed by atoms with E-state index in [9.17, 15) is 9.59 Å². The lowest BCUT2D eigenvalue weighted by atomic mass is 10.2. The van der Waals surface area contributed by atoms with E-state index in [1.54, 1.807) is 7.05 Å². The van der Waals surface area contributed by atoms with Crippen molar-refractivity contribution in [3.05, 3.63) is 23.8 Å². The molecule has 0 unspecified atom stereocenters. The molecule has 1 aromatic carbocycles. The first-order valence-electron chi connectivity index (χ1n) is 5.44. The van der Waals surface area contributed by atoms with Gasteiger partial charge in [0.2, 0.25) is 5.91 Å². The summed E-state index contributed by atoms with van der Waals surface area (Å²) in [5.41, 5.74) is 0.573. The molecule has 0 atom stereocenters. The van der Waals surface area contributed by atoms with Crippen molar-refractivity contribution in [2.45, 2.75) is 6.42 Å². The number of methoxy groups -OCH3 is 1. The molecule has 0 saturated carbocycles. The number of hydrogen-bond donors (Lipinski definition) is 3. The molecule has 0 bridgehead atoms. The highest BCUT2D eigenvalue weighted by atomic mass is 16.5. The van der Waals surface area contributed by atoms with Crippen LogP contribution in [0.4, 0.5) is 5.69 Å². The zero-order valence-electron chi connectivity index (χ0n) is 10.3. The molecule has 18 heavy (non-hydrogen) atoms. The highest BCUT2D eigenvalue weighted by Gasteiger charge is 2.12. The zero-order chi connectivity index (χ0) is 13.5. The van der Waals surface area contributed by atoms with Gasteiger partial charge in [0.1, 0.15) is 11.3 Å². The second kappa shape index (κ2) is 6.61. The number of carboxylic acid groups (broad SMARTS) is 1. The maximum atomic E-state index is 11.5. The van der Waals surface area contributed by atoms with E-state index in [1.807, 2.05) is 0 Å². The second-order valence-electron chi connectivity index (χ2n) is 3.62. The van der Waals surface area contributed by atoms with Crippen LogP contribution in [0.3, 0.4) is 0 Å². The van der Waals surface area contributed by atoms with Gasteiger partial charge in [-0.2, -0.15) is 0 Å². The first-order valence-corrected chi connectivity index (χ1v) is 5.44. The molecule has 98 valence electrons. The highest BCUT2D eigenvalue weighted by molar-refractivity contribution is 5.94. The Labute approximate surface area is 105 Å². The minimum absolute atomic E-state index is 0.0609. The van der Waals surface area contributed by atoms with Crippen molar-refractivity contribution in [2.75, 3.05) is 26.0 Å². The van der Waals surface area contributed by atoms with Gasteiger partial charge in [-0.3, -0.25) is 4.79 Å². The van der Waals surface area contributed by atoms with Crippen molar-refractivity contribution < 1.29 is 19.4 Å². The van der Waals surface area contributed by atoms with Crippen molar-refractivity contribution in [1.29, 1.82) is 0 Å². The lowest BCUT2D eigenvalue weighted by molar-refractivity contribution is -0.116. The number of aromatic carboxylic acids is 1. The predicted molar refractivity (Wildman–Crippen MR) is 67.1 cm³/mol. The highest BCUT2D eigenvalue weighted by Crippen LogP contribution is 2.23. The summed E-state index contributed by atoms with van der Waals surface area (Å²) in [7, 11) is 3.15. The van der Waals surface area contributed by atoms with Crippen molar-refractivity contribution >= 4 is 17.6 Å². The molecule has 0 spiro atoms. The molecule has 1 rings (SSSR count). The van der Waals surface area contributed by atoms with E-state index in [0.717, 1.165) is 0 Å². The normalized spacial score (nSPS) is 9.89. The maximum Gasteiger partial charge on any atom is 0.339 e. The monoisotopic (exact) mass is 252 g/mol. The second-order valence-corrected chi connectivity index (χ2v) is 3.62. The number of benzene rings is 1. The van der Waals surface area contributed by atoms with Crippen molar-refractivity contribution in [1.82, 2.24) is 5.32 Å². The molecule has 0 aliphatic rings. The fourth-order valence-corrected chi connectivity index (χ4v) is 1.41. The van der Waals surface area contributed by atoms with E-state index in [0.29, 0.717) is 18.7 Å². The van der Waals surface area contributed by atoms with Gasteiger partial charge in [-0.25, -0.2) is 4.79 Å². The van der Waals surface area contributed by atoms with Crippen LogP contribution in [0.25, 0.3) is 0 Å². The lowest BCUT2D eigenvalue weighted by Gasteiger charge is -2.09. The van der Waals surface area contributed by atoms with E-state index >= 15 is 0 Å². The first kappa shape index (κ1) is 14.0. The summed E-state index contributed by atoms with van der Waals surface area (Å²) in [6.45, 7) is 0.580. The van der Waals surface area contributed by atoms with Crippen LogP contribution in [0.1, 0.15) is 16.8 Å². The molecule has 0 aliphatic carbocycles. The molecular weight excluding hydrogens is 236 g/mol. The summed E-state index contributed by atoms with van der Waals surface area (Å²) in [6.07, 6.45) is 0.347. The van der Waals surface area contributed by atoms with Gasteiger partial charge < -0.3 is 20.5 Å². The molecule has 0 aliphatic heterocycles. The Kier molecular flexibility index (Phi) is 5.13. The number of nitrogens with one attached hydrogen (secondary N) is 2. The fraction of sp³-hybridized carbons (Fsp3) is 0.333. The first-order chi connectivity index (χ1) is 8.58. The number of hydrogen-bond acceptors (Lipinski definition) is 4. The van der Waals surface area contributed by atoms with Gasteiger partial charge in [-0.15, -0.1) is 0 Å². The molecule has 3 N–H and O–H groups in total. The van der Waals surface area contributed by atoms with E-state index in [2.05, 4.69) is 10.6 Å². The van der Waals surface area contributed by atoms with Gasteiger partial charge in [0.15, 0.2) is 0 Å². The van der Waals surface area contributed by atoms with Crippen molar-refractivity contribution in [2.24, 2.45) is 0 Å². The Balaban J connectivity index is 2.79. The molecule has 6 heteroatoms. The van der Waals surface area contributed by atoms with Crippen LogP contribution in [0, 0.1) is 0 Å². The average Bonchev–Trinajstić information content (AvgIpc) is 2.35. The molecule has 0 fully saturated rings. The summed E-state index contributed by atoms with van der Waals surface area (Å²) in [5.74, 6) is -0.997. The van der Waals surface area contributed by atoms with Crippen LogP contribution in [-0.2, 0) is 4.79 Å². The number of anilines is 1. The van der Waals surface area contributed by atoms with Crippen LogP contribution in [-0.4, -0.2) is 37.7 Å². The van der Waals surface area contributed by atoms with Crippen LogP contribution < -0.4 is 15.4 Å². The minimum atomic E-state index is -1.07. The average molecular weight is 252 g/mol. The van der Waals surface area contributed by atoms with Crippen LogP contribution >= 0.6 is 0 Å². The number of rotatable bonds is 6. The summed E-state index contributed by atoms with van der Waals surface area (Å²) >= 11 is 0. The molecule has 0 radical (unpaired) electrons. The summed E-state index contributed by atoms with van der Waals surface area (Å²) in [4.78, 5) is 22.4. The predicted octanol–water partition coefficient (Wildman–Crippen LogP) is 0.941. The van der Waals surface area contributed by atoms with E-state index in [1.165, 1.54) is 25.3 Å². The Hall–Kier alpha value is -2.08. The third-order valence-electron chi connectivity index (χ3n) is 2.32. The molecule has 0 saturated heterocycles. The Morgan fingerprint density at radius 1 is 1.39 bits per heavy atom. The fourth-order valence-electron chi connectivity index (χ4n) is 1.41. The van der Waals surface area contributed by atoms with Gasteiger partial charge >= 0.3 is 5.97 Å². The van der Waals surface area contributed by atoms with Gasteiger partial charge in [0, 0.05) is 24.7 Å². The van der Waals surface area contributed by atoms with E-state index in [-0.39, 0.29) is 17.2 Å². The summed E-state index contributed by atoms with van der Waals surface area (Å²) in [5, 5.41) is 14.4. The van der Waals surface area contributed by atoms with Crippen molar-refractivity contribution in [3.8, 4) is 5.75 Å². The molecule has 0 aromatic heterocycles. The third-order valence-corrected chi connectivity index (χ3v) is 2.32. The van der Waals surface area contributed by atoms with Gasteiger partial charge in [0.05, 0.1) is 7.11 Å². The number of carbonyl (C=O) groups is 2. The lowest BCUT2D eigenvalue weighted by Crippen LogP contribution is -2.18. The zero-order valence-corrected chi connectivity index (χ0v) is 10.3. The summed E-state index contributed by atoms with van der Waals surface area (Å²) < 4.78 is 4.97. The van der Waals surface area contributed by atoms with Crippen LogP contribution in [0.2, 0.25) is 0 Å². The molecule has 1 aromatic rings. The Morgan fingerprint density at radius 3 is 2.67 bits per heavy atom. The topological polar surface area (TPSA) is 87.7 Å². The van der Waals surface area contributed by atoms with Crippen LogP contribution in [0.5, 0.6) is 5.75 Å². The number of carboxylic acids is 1.